The van der Waals surface area contributed by atoms with Crippen LogP contribution in [0.1, 0.15) is 92.4 Å². The van der Waals surface area contributed by atoms with Crippen LogP contribution >= 0.6 is 0 Å². The second-order valence-corrected chi connectivity index (χ2v) is 8.85. The van der Waals surface area contributed by atoms with Crippen LogP contribution in [0.15, 0.2) is 0 Å². The molecule has 1 heterocycles. The summed E-state index contributed by atoms with van der Waals surface area (Å²) in [7, 11) is 0. The lowest BCUT2D eigenvalue weighted by Crippen LogP contribution is -2.62. The predicted octanol–water partition coefficient (Wildman–Crippen LogP) is 4.97. The first-order valence-corrected chi connectivity index (χ1v) is 9.44. The van der Waals surface area contributed by atoms with Gasteiger partial charge in [0.2, 0.25) is 0 Å². The van der Waals surface area contributed by atoms with Gasteiger partial charge < -0.3 is 0 Å². The molecule has 22 heavy (non-hydrogen) atoms. The largest absolute Gasteiger partial charge is 0.295 e. The third-order valence-corrected chi connectivity index (χ3v) is 5.60. The summed E-state index contributed by atoms with van der Waals surface area (Å²) in [4.78, 5) is 6.52. The predicted molar refractivity (Wildman–Crippen MR) is 92.5 cm³/mol. The van der Waals surface area contributed by atoms with Crippen molar-refractivity contribution in [1.29, 1.82) is 0 Å². The molecular formula is C19H37N2O. The van der Waals surface area contributed by atoms with E-state index in [2.05, 4.69) is 39.7 Å². The molecule has 129 valence electrons. The van der Waals surface area contributed by atoms with Crippen LogP contribution in [0.3, 0.4) is 0 Å². The van der Waals surface area contributed by atoms with Gasteiger partial charge in [0.05, 0.1) is 6.10 Å². The molecule has 0 amide bonds. The molecule has 1 saturated heterocycles. The summed E-state index contributed by atoms with van der Waals surface area (Å²) in [5.74, 6) is 0.496. The van der Waals surface area contributed by atoms with Gasteiger partial charge in [-0.2, -0.15) is 5.06 Å². The van der Waals surface area contributed by atoms with E-state index in [1.54, 1.807) is 0 Å². The first-order chi connectivity index (χ1) is 10.3. The van der Waals surface area contributed by atoms with Crippen molar-refractivity contribution < 1.29 is 4.84 Å². The number of hydrogen-bond donors (Lipinski definition) is 0. The molecule has 1 saturated carbocycles. The zero-order valence-corrected chi connectivity index (χ0v) is 15.5. The van der Waals surface area contributed by atoms with Gasteiger partial charge in [-0.1, -0.05) is 32.6 Å². The highest BCUT2D eigenvalue weighted by Gasteiger charge is 2.48. The van der Waals surface area contributed by atoms with E-state index in [1.165, 1.54) is 32.1 Å². The molecule has 0 spiro atoms. The quantitative estimate of drug-likeness (QED) is 0.718. The van der Waals surface area contributed by atoms with Gasteiger partial charge in [0.25, 0.3) is 0 Å². The molecule has 3 nitrogen and oxygen atoms in total. The summed E-state index contributed by atoms with van der Waals surface area (Å²) in [6.07, 6.45) is 11.1. The zero-order valence-electron chi connectivity index (χ0n) is 15.5. The van der Waals surface area contributed by atoms with Gasteiger partial charge in [-0.05, 0) is 65.7 Å². The maximum Gasteiger partial charge on any atom is 0.0793 e. The minimum absolute atomic E-state index is 0.0247. The van der Waals surface area contributed by atoms with E-state index in [-0.39, 0.29) is 17.1 Å². The summed E-state index contributed by atoms with van der Waals surface area (Å²) in [6, 6.07) is 0.0837. The Kier molecular flexibility index (Phi) is 5.95. The number of hydroxylamine groups is 2. The Balaban J connectivity index is 2.07. The first-order valence-electron chi connectivity index (χ1n) is 9.44. The van der Waals surface area contributed by atoms with Gasteiger partial charge in [0.1, 0.15) is 0 Å². The lowest BCUT2D eigenvalue weighted by Gasteiger charge is -2.55. The lowest BCUT2D eigenvalue weighted by molar-refractivity contribution is -0.315. The molecule has 0 bridgehead atoms. The van der Waals surface area contributed by atoms with Crippen molar-refractivity contribution in [2.24, 2.45) is 5.92 Å². The maximum atomic E-state index is 8.48. The summed E-state index contributed by atoms with van der Waals surface area (Å²) < 4.78 is 0. The Hall–Kier alpha value is -0.120. The third kappa shape index (κ3) is 4.24. The van der Waals surface area contributed by atoms with E-state index in [4.69, 9.17) is 10.6 Å². The number of piperidine rings is 1. The van der Waals surface area contributed by atoms with Gasteiger partial charge in [0.15, 0.2) is 0 Å². The van der Waals surface area contributed by atoms with Crippen LogP contribution in [0.25, 0.3) is 0 Å². The van der Waals surface area contributed by atoms with Crippen molar-refractivity contribution in [3.8, 4) is 0 Å². The number of hydrogen-bond acceptors (Lipinski definition) is 2. The molecule has 2 aliphatic rings. The highest BCUT2D eigenvalue weighted by atomic mass is 16.7. The van der Waals surface area contributed by atoms with Gasteiger partial charge in [-0.15, -0.1) is 0 Å². The fourth-order valence-corrected chi connectivity index (χ4v) is 4.78. The number of rotatable bonds is 5. The smallest absolute Gasteiger partial charge is 0.0793 e. The Labute approximate surface area is 137 Å². The maximum absolute atomic E-state index is 8.48. The number of nitrogens with one attached hydrogen (secondary N) is 1. The van der Waals surface area contributed by atoms with Gasteiger partial charge in [-0.3, -0.25) is 10.6 Å². The molecule has 2 fully saturated rings. The topological polar surface area (TPSA) is 36.3 Å². The first kappa shape index (κ1) is 18.2. The summed E-state index contributed by atoms with van der Waals surface area (Å²) in [5, 5.41) is 2.31. The second-order valence-electron chi connectivity index (χ2n) is 8.85. The average molecular weight is 310 g/mol. The van der Waals surface area contributed by atoms with E-state index < -0.39 is 0 Å². The molecule has 1 atom stereocenters. The van der Waals surface area contributed by atoms with Gasteiger partial charge in [0, 0.05) is 17.1 Å². The van der Waals surface area contributed by atoms with Crippen LogP contribution in [0.4, 0.5) is 0 Å². The molecule has 1 radical (unpaired) electrons. The van der Waals surface area contributed by atoms with Crippen molar-refractivity contribution in [3.63, 3.8) is 0 Å². The molecule has 1 unspecified atom stereocenters. The normalized spacial score (nSPS) is 28.6. The molecular weight excluding hydrogens is 272 g/mol. The second kappa shape index (κ2) is 7.19. The van der Waals surface area contributed by atoms with Crippen LogP contribution in [-0.2, 0) is 4.84 Å². The van der Waals surface area contributed by atoms with Crippen LogP contribution < -0.4 is 5.73 Å². The molecule has 2 rings (SSSR count). The molecule has 1 N–H and O–H groups in total. The van der Waals surface area contributed by atoms with E-state index in [0.717, 1.165) is 25.7 Å². The van der Waals surface area contributed by atoms with E-state index >= 15 is 0 Å². The van der Waals surface area contributed by atoms with Crippen molar-refractivity contribution in [2.45, 2.75) is 116 Å². The molecule has 0 aromatic carbocycles. The van der Waals surface area contributed by atoms with Crippen molar-refractivity contribution >= 4 is 0 Å². The summed E-state index contributed by atoms with van der Waals surface area (Å²) in [6.45, 7) is 11.4. The van der Waals surface area contributed by atoms with Crippen molar-refractivity contribution in [2.75, 3.05) is 0 Å². The summed E-state index contributed by atoms with van der Waals surface area (Å²) >= 11 is 0. The van der Waals surface area contributed by atoms with Crippen LogP contribution in [0.2, 0.25) is 0 Å². The fourth-order valence-electron chi connectivity index (χ4n) is 4.78. The average Bonchev–Trinajstić information content (AvgIpc) is 2.43. The van der Waals surface area contributed by atoms with Crippen LogP contribution in [0, 0.1) is 5.92 Å². The lowest BCUT2D eigenvalue weighted by atomic mass is 9.72. The van der Waals surface area contributed by atoms with Crippen molar-refractivity contribution in [3.05, 3.63) is 0 Å². The minimum Gasteiger partial charge on any atom is -0.295 e. The van der Waals surface area contributed by atoms with E-state index in [9.17, 15) is 0 Å². The minimum atomic E-state index is 0.0247. The standard InChI is InChI=1S/C19H37N2O/c1-6-10-17(20)15-13-18(2,3)21(19(4,5)14-15)22-16-11-8-7-9-12-16/h15-17,20H,6-14H2,1-5H3. The molecule has 3 heteroatoms. The molecule has 0 aromatic rings. The summed E-state index contributed by atoms with van der Waals surface area (Å²) in [5.41, 5.74) is 8.53. The number of nitrogens with zero attached hydrogens (tertiary/aromatic N) is 1. The Morgan fingerprint density at radius 3 is 2.09 bits per heavy atom. The molecule has 1 aliphatic carbocycles. The van der Waals surface area contributed by atoms with Gasteiger partial charge >= 0.3 is 0 Å². The third-order valence-electron chi connectivity index (χ3n) is 5.60. The zero-order chi connectivity index (χ0) is 16.4. The van der Waals surface area contributed by atoms with Gasteiger partial charge in [-0.25, -0.2) is 0 Å². The Morgan fingerprint density at radius 1 is 1.05 bits per heavy atom. The van der Waals surface area contributed by atoms with Crippen LogP contribution in [-0.4, -0.2) is 28.3 Å². The van der Waals surface area contributed by atoms with E-state index in [0.29, 0.717) is 12.0 Å². The van der Waals surface area contributed by atoms with Crippen molar-refractivity contribution in [1.82, 2.24) is 10.8 Å². The Bertz CT molecular complexity index is 329. The van der Waals surface area contributed by atoms with E-state index in [1.807, 2.05) is 0 Å². The fraction of sp³-hybridized carbons (Fsp3) is 1.00. The van der Waals surface area contributed by atoms with Crippen LogP contribution in [0.5, 0.6) is 0 Å². The molecule has 0 aromatic heterocycles. The monoisotopic (exact) mass is 309 g/mol. The highest BCUT2D eigenvalue weighted by molar-refractivity contribution is 4.99. The SMILES string of the molecule is CCCC([NH])C1CC(C)(C)N(OC2CCCCC2)C(C)(C)C1. The highest BCUT2D eigenvalue weighted by Crippen LogP contribution is 2.44. The Morgan fingerprint density at radius 2 is 1.59 bits per heavy atom. The molecule has 1 aliphatic heterocycles.